The third-order valence-corrected chi connectivity index (χ3v) is 7.89. The van der Waals surface area contributed by atoms with Gasteiger partial charge in [0.2, 0.25) is 0 Å². The Morgan fingerprint density at radius 2 is 1.44 bits per heavy atom. The van der Waals surface area contributed by atoms with E-state index in [2.05, 4.69) is 0 Å². The van der Waals surface area contributed by atoms with Crippen molar-refractivity contribution in [3.05, 3.63) is 90.6 Å². The van der Waals surface area contributed by atoms with E-state index in [0.717, 1.165) is 16.5 Å². The molecule has 3 aromatic carbocycles. The maximum absolute atomic E-state index is 13.5. The van der Waals surface area contributed by atoms with E-state index in [0.29, 0.717) is 5.52 Å². The molecule has 0 unspecified atom stereocenters. The molecule has 1 aliphatic rings. The maximum Gasteiger partial charge on any atom is 0.268 e. The van der Waals surface area contributed by atoms with Crippen LogP contribution in [0.3, 0.4) is 0 Å². The molecule has 1 aliphatic heterocycles. The van der Waals surface area contributed by atoms with Crippen molar-refractivity contribution in [2.24, 2.45) is 0 Å². The summed E-state index contributed by atoms with van der Waals surface area (Å²) in [6.45, 7) is -0.0486. The number of likely N-dealkylation sites (tertiary alicyclic amines) is 1. The largest absolute Gasteiger partial charge is 0.338 e. The first-order chi connectivity index (χ1) is 16.3. The summed E-state index contributed by atoms with van der Waals surface area (Å²) >= 11 is 0. The van der Waals surface area contributed by atoms with Crippen LogP contribution in [0, 0.1) is 0 Å². The highest BCUT2D eigenvalue weighted by atomic mass is 32.2. The lowest BCUT2D eigenvalue weighted by Crippen LogP contribution is -2.42. The fraction of sp³-hybridized carbons (Fsp3) is 0.192. The summed E-state index contributed by atoms with van der Waals surface area (Å²) < 4.78 is 55.1. The second kappa shape index (κ2) is 8.36. The van der Waals surface area contributed by atoms with Crippen LogP contribution >= 0.6 is 0 Å². The number of alkyl halides is 2. The zero-order chi connectivity index (χ0) is 23.9. The number of fused-ring (bicyclic) bond motifs is 1. The standard InChI is InChI=1S/C26H22F2N2O3S/c27-26(28)14-16-29(17-15-26)25(31)20-10-12-21(13-11-20)34(32,33)30-18-23(19-6-2-1-3-7-19)22-8-4-5-9-24(22)30/h1-13,18H,14-17H2. The van der Waals surface area contributed by atoms with Crippen molar-refractivity contribution in [3.63, 3.8) is 0 Å². The number of carbonyl (C=O) groups excluding carboxylic acids is 1. The predicted octanol–water partition coefficient (Wildman–Crippen LogP) is 5.42. The molecule has 4 aromatic rings. The van der Waals surface area contributed by atoms with E-state index >= 15 is 0 Å². The van der Waals surface area contributed by atoms with Crippen LogP contribution in [-0.4, -0.2) is 42.2 Å². The molecule has 1 fully saturated rings. The first kappa shape index (κ1) is 22.3. The summed E-state index contributed by atoms with van der Waals surface area (Å²) in [6, 6.07) is 22.5. The lowest BCUT2D eigenvalue weighted by molar-refractivity contribution is -0.0494. The van der Waals surface area contributed by atoms with Crippen LogP contribution in [0.4, 0.5) is 8.78 Å². The van der Waals surface area contributed by atoms with E-state index in [1.54, 1.807) is 18.3 Å². The highest BCUT2D eigenvalue weighted by Crippen LogP contribution is 2.33. The van der Waals surface area contributed by atoms with Crippen LogP contribution in [0.25, 0.3) is 22.0 Å². The van der Waals surface area contributed by atoms with Gasteiger partial charge in [0.15, 0.2) is 0 Å². The van der Waals surface area contributed by atoms with Gasteiger partial charge >= 0.3 is 0 Å². The highest BCUT2D eigenvalue weighted by molar-refractivity contribution is 7.90. The smallest absolute Gasteiger partial charge is 0.268 e. The average Bonchev–Trinajstić information content (AvgIpc) is 3.25. The van der Waals surface area contributed by atoms with Gasteiger partial charge in [-0.25, -0.2) is 21.2 Å². The number of carbonyl (C=O) groups is 1. The van der Waals surface area contributed by atoms with E-state index in [9.17, 15) is 22.0 Å². The average molecular weight is 481 g/mol. The lowest BCUT2D eigenvalue weighted by Gasteiger charge is -2.31. The molecule has 0 radical (unpaired) electrons. The lowest BCUT2D eigenvalue weighted by atomic mass is 10.1. The molecule has 5 nitrogen and oxygen atoms in total. The third-order valence-electron chi connectivity index (χ3n) is 6.20. The van der Waals surface area contributed by atoms with Gasteiger partial charge in [0, 0.05) is 48.6 Å². The number of halogens is 2. The summed E-state index contributed by atoms with van der Waals surface area (Å²) in [5.74, 6) is -3.12. The fourth-order valence-corrected chi connectivity index (χ4v) is 5.67. The highest BCUT2D eigenvalue weighted by Gasteiger charge is 2.35. The molecule has 0 spiro atoms. The summed E-state index contributed by atoms with van der Waals surface area (Å²) in [5, 5.41) is 0.811. The van der Waals surface area contributed by atoms with Gasteiger partial charge in [-0.2, -0.15) is 0 Å². The summed E-state index contributed by atoms with van der Waals surface area (Å²) in [4.78, 5) is 14.1. The van der Waals surface area contributed by atoms with Gasteiger partial charge in [-0.3, -0.25) is 4.79 Å². The number of hydrogen-bond acceptors (Lipinski definition) is 3. The van der Waals surface area contributed by atoms with Gasteiger partial charge in [-0.1, -0.05) is 48.5 Å². The number of benzene rings is 3. The first-order valence-corrected chi connectivity index (χ1v) is 12.4. The SMILES string of the molecule is O=C(c1ccc(S(=O)(=O)n2cc(-c3ccccc3)c3ccccc32)cc1)N1CCC(F)(F)CC1. The number of nitrogens with zero attached hydrogens (tertiary/aromatic N) is 2. The van der Waals surface area contributed by atoms with Crippen LogP contribution in [0.2, 0.25) is 0 Å². The van der Waals surface area contributed by atoms with Crippen LogP contribution in [0.15, 0.2) is 90.0 Å². The number of rotatable bonds is 4. The molecule has 34 heavy (non-hydrogen) atoms. The molecule has 0 saturated carbocycles. The van der Waals surface area contributed by atoms with E-state index in [1.807, 2.05) is 42.5 Å². The van der Waals surface area contributed by atoms with E-state index in [4.69, 9.17) is 0 Å². The molecule has 1 aromatic heterocycles. The molecule has 0 atom stereocenters. The number of aromatic nitrogens is 1. The maximum atomic E-state index is 13.5. The minimum atomic E-state index is -3.94. The molecule has 0 bridgehead atoms. The Morgan fingerprint density at radius 1 is 0.824 bits per heavy atom. The molecule has 8 heteroatoms. The predicted molar refractivity (Wildman–Crippen MR) is 126 cm³/mol. The van der Waals surface area contributed by atoms with Gasteiger partial charge in [-0.15, -0.1) is 0 Å². The van der Waals surface area contributed by atoms with Crippen molar-refractivity contribution in [2.75, 3.05) is 13.1 Å². The molecule has 174 valence electrons. The zero-order valence-corrected chi connectivity index (χ0v) is 19.0. The molecule has 0 N–H and O–H groups in total. The van der Waals surface area contributed by atoms with Gasteiger partial charge in [0.05, 0.1) is 10.4 Å². The summed E-state index contributed by atoms with van der Waals surface area (Å²) in [5.41, 5.74) is 2.52. The molecular formula is C26H22F2N2O3S. The number of piperidine rings is 1. The van der Waals surface area contributed by atoms with Crippen LogP contribution in [0.5, 0.6) is 0 Å². The Kier molecular flexibility index (Phi) is 5.48. The van der Waals surface area contributed by atoms with Gasteiger partial charge in [-0.05, 0) is 35.9 Å². The normalized spacial score (nSPS) is 16.0. The fourth-order valence-electron chi connectivity index (χ4n) is 4.30. The van der Waals surface area contributed by atoms with Crippen molar-refractivity contribution >= 4 is 26.8 Å². The third kappa shape index (κ3) is 3.98. The molecule has 1 saturated heterocycles. The van der Waals surface area contributed by atoms with E-state index < -0.39 is 15.9 Å². The molecule has 2 heterocycles. The van der Waals surface area contributed by atoms with Crippen LogP contribution < -0.4 is 0 Å². The minimum absolute atomic E-state index is 0.0243. The molecule has 1 amide bonds. The van der Waals surface area contributed by atoms with Crippen LogP contribution in [0.1, 0.15) is 23.2 Å². The Labute approximate surface area is 196 Å². The van der Waals surface area contributed by atoms with Crippen molar-refractivity contribution in [2.45, 2.75) is 23.7 Å². The van der Waals surface area contributed by atoms with Crippen LogP contribution in [-0.2, 0) is 10.0 Å². The monoisotopic (exact) mass is 480 g/mol. The van der Waals surface area contributed by atoms with E-state index in [-0.39, 0.29) is 42.3 Å². The Morgan fingerprint density at radius 3 is 2.12 bits per heavy atom. The summed E-state index contributed by atoms with van der Waals surface area (Å²) in [6.07, 6.45) is 0.883. The second-order valence-electron chi connectivity index (χ2n) is 8.40. The van der Waals surface area contributed by atoms with Crippen molar-refractivity contribution in [1.82, 2.24) is 8.87 Å². The van der Waals surface area contributed by atoms with Gasteiger partial charge in [0.25, 0.3) is 21.9 Å². The Hall–Kier alpha value is -3.52. The topological polar surface area (TPSA) is 59.4 Å². The summed E-state index contributed by atoms with van der Waals surface area (Å²) in [7, 11) is -3.94. The number of para-hydroxylation sites is 1. The van der Waals surface area contributed by atoms with Gasteiger partial charge < -0.3 is 4.90 Å². The number of amides is 1. The quantitative estimate of drug-likeness (QED) is 0.392. The Balaban J connectivity index is 1.48. The van der Waals surface area contributed by atoms with E-state index in [1.165, 1.54) is 33.1 Å². The zero-order valence-electron chi connectivity index (χ0n) is 18.2. The van der Waals surface area contributed by atoms with Crippen molar-refractivity contribution in [1.29, 1.82) is 0 Å². The minimum Gasteiger partial charge on any atom is -0.338 e. The van der Waals surface area contributed by atoms with Crippen molar-refractivity contribution < 1.29 is 22.0 Å². The van der Waals surface area contributed by atoms with Gasteiger partial charge in [0.1, 0.15) is 0 Å². The van der Waals surface area contributed by atoms with Crippen molar-refractivity contribution in [3.8, 4) is 11.1 Å². The molecular weight excluding hydrogens is 458 g/mol. The number of hydrogen-bond donors (Lipinski definition) is 0. The second-order valence-corrected chi connectivity index (χ2v) is 10.2. The molecule has 5 rings (SSSR count). The first-order valence-electron chi connectivity index (χ1n) is 10.9. The molecule has 0 aliphatic carbocycles. The Bertz CT molecular complexity index is 1450.